The average Bonchev–Trinajstić information content (AvgIpc) is 2.80. The van der Waals surface area contributed by atoms with Gasteiger partial charge in [-0.25, -0.2) is 0 Å². The number of pyridine rings is 1. The molecule has 1 aliphatic heterocycles. The minimum atomic E-state index is -0.254. The lowest BCUT2D eigenvalue weighted by Crippen LogP contribution is -2.38. The maximum atomic E-state index is 13.2. The molecule has 2 aromatic carbocycles. The van der Waals surface area contributed by atoms with Crippen LogP contribution in [0.2, 0.25) is 10.0 Å². The third kappa shape index (κ3) is 5.37. The summed E-state index contributed by atoms with van der Waals surface area (Å²) in [5.41, 5.74) is 4.46. The van der Waals surface area contributed by atoms with Crippen LogP contribution in [-0.4, -0.2) is 34.8 Å². The lowest BCUT2D eigenvalue weighted by atomic mass is 9.89. The molecule has 4 rings (SSSR count). The van der Waals surface area contributed by atoms with Crippen LogP contribution in [0.5, 0.6) is 0 Å². The predicted molar refractivity (Wildman–Crippen MR) is 132 cm³/mol. The zero-order valence-corrected chi connectivity index (χ0v) is 20.1. The van der Waals surface area contributed by atoms with Gasteiger partial charge in [0.05, 0.1) is 5.56 Å². The second kappa shape index (κ2) is 9.94. The van der Waals surface area contributed by atoms with Crippen LogP contribution in [0.1, 0.15) is 56.3 Å². The fourth-order valence-electron chi connectivity index (χ4n) is 4.10. The van der Waals surface area contributed by atoms with E-state index in [0.717, 1.165) is 29.7 Å². The van der Waals surface area contributed by atoms with E-state index in [1.165, 1.54) is 0 Å². The number of aromatic nitrogens is 1. The van der Waals surface area contributed by atoms with Gasteiger partial charge in [0, 0.05) is 46.3 Å². The Morgan fingerprint density at radius 1 is 0.970 bits per heavy atom. The van der Waals surface area contributed by atoms with Gasteiger partial charge in [-0.1, -0.05) is 35.3 Å². The molecular formula is C26H25Cl2N3O2. The number of likely N-dealkylation sites (tertiary alicyclic amines) is 1. The van der Waals surface area contributed by atoms with Crippen molar-refractivity contribution in [2.75, 3.05) is 18.4 Å². The Labute approximate surface area is 203 Å². The number of aryl methyl sites for hydroxylation is 2. The number of carbonyl (C=O) groups excluding carboxylic acids is 2. The van der Waals surface area contributed by atoms with Gasteiger partial charge >= 0.3 is 0 Å². The summed E-state index contributed by atoms with van der Waals surface area (Å²) >= 11 is 12.4. The Morgan fingerprint density at radius 2 is 1.70 bits per heavy atom. The Morgan fingerprint density at radius 3 is 2.36 bits per heavy atom. The zero-order valence-electron chi connectivity index (χ0n) is 18.6. The molecule has 0 aliphatic carbocycles. The van der Waals surface area contributed by atoms with E-state index in [9.17, 15) is 9.59 Å². The number of nitrogens with one attached hydrogen (secondary N) is 1. The van der Waals surface area contributed by atoms with Crippen molar-refractivity contribution in [3.05, 3.63) is 92.7 Å². The standard InChI is InChI=1S/C26H25Cl2N3O2/c1-16-3-5-19(13-24(16)30-25(32)20-6-4-17(2)29-15-20)26(33)31-11-9-18(10-12-31)22-8-7-21(27)14-23(22)28/h3-8,13-15,18H,9-12H2,1-2H3,(H,30,32). The van der Waals surface area contributed by atoms with Crippen molar-refractivity contribution in [3.63, 3.8) is 0 Å². The molecule has 0 unspecified atom stereocenters. The average molecular weight is 482 g/mol. The Hall–Kier alpha value is -2.89. The van der Waals surface area contributed by atoms with Crippen molar-refractivity contribution < 1.29 is 9.59 Å². The van der Waals surface area contributed by atoms with Crippen molar-refractivity contribution in [1.29, 1.82) is 0 Å². The van der Waals surface area contributed by atoms with Crippen LogP contribution in [0.25, 0.3) is 0 Å². The van der Waals surface area contributed by atoms with Crippen LogP contribution in [0.4, 0.5) is 5.69 Å². The fourth-order valence-corrected chi connectivity index (χ4v) is 4.66. The summed E-state index contributed by atoms with van der Waals surface area (Å²) in [7, 11) is 0. The predicted octanol–water partition coefficient (Wildman–Crippen LogP) is 6.28. The first-order valence-corrected chi connectivity index (χ1v) is 11.7. The van der Waals surface area contributed by atoms with Crippen LogP contribution in [0, 0.1) is 13.8 Å². The highest BCUT2D eigenvalue weighted by Gasteiger charge is 2.26. The Kier molecular flexibility index (Phi) is 7.01. The van der Waals surface area contributed by atoms with Gasteiger partial charge in [-0.2, -0.15) is 0 Å². The molecule has 33 heavy (non-hydrogen) atoms. The minimum Gasteiger partial charge on any atom is -0.339 e. The van der Waals surface area contributed by atoms with E-state index in [2.05, 4.69) is 10.3 Å². The molecule has 1 fully saturated rings. The number of amides is 2. The first-order chi connectivity index (χ1) is 15.8. The van der Waals surface area contributed by atoms with Crippen LogP contribution in [-0.2, 0) is 0 Å². The quantitative estimate of drug-likeness (QED) is 0.476. The van der Waals surface area contributed by atoms with E-state index < -0.39 is 0 Å². The molecular weight excluding hydrogens is 457 g/mol. The highest BCUT2D eigenvalue weighted by molar-refractivity contribution is 6.35. The first-order valence-electron chi connectivity index (χ1n) is 10.9. The van der Waals surface area contributed by atoms with Crippen LogP contribution in [0.3, 0.4) is 0 Å². The number of hydrogen-bond acceptors (Lipinski definition) is 3. The molecule has 0 spiro atoms. The zero-order chi connectivity index (χ0) is 23.5. The molecule has 1 aliphatic rings. The van der Waals surface area contributed by atoms with E-state index >= 15 is 0 Å². The lowest BCUT2D eigenvalue weighted by Gasteiger charge is -2.32. The third-order valence-corrected chi connectivity index (χ3v) is 6.65. The van der Waals surface area contributed by atoms with Gasteiger partial charge in [0.15, 0.2) is 0 Å². The van der Waals surface area contributed by atoms with Gasteiger partial charge < -0.3 is 10.2 Å². The van der Waals surface area contributed by atoms with Crippen molar-refractivity contribution in [2.24, 2.45) is 0 Å². The SMILES string of the molecule is Cc1ccc(C(=O)Nc2cc(C(=O)N3CCC(c4ccc(Cl)cc4Cl)CC3)ccc2C)cn1. The van der Waals surface area contributed by atoms with E-state index in [1.54, 1.807) is 30.5 Å². The summed E-state index contributed by atoms with van der Waals surface area (Å²) in [6.07, 6.45) is 3.22. The second-order valence-corrected chi connectivity index (χ2v) is 9.25. The minimum absolute atomic E-state index is 0.0387. The van der Waals surface area contributed by atoms with Crippen LogP contribution in [0.15, 0.2) is 54.7 Å². The molecule has 0 saturated carbocycles. The smallest absolute Gasteiger partial charge is 0.257 e. The number of carbonyl (C=O) groups is 2. The molecule has 170 valence electrons. The molecule has 2 heterocycles. The highest BCUT2D eigenvalue weighted by atomic mass is 35.5. The van der Waals surface area contributed by atoms with Crippen molar-refractivity contribution >= 4 is 40.7 Å². The van der Waals surface area contributed by atoms with Crippen LogP contribution < -0.4 is 5.32 Å². The molecule has 7 heteroatoms. The first kappa shape index (κ1) is 23.3. The molecule has 0 radical (unpaired) electrons. The number of hydrogen-bond donors (Lipinski definition) is 1. The van der Waals surface area contributed by atoms with E-state index in [4.69, 9.17) is 23.2 Å². The van der Waals surface area contributed by atoms with E-state index in [0.29, 0.717) is 45.9 Å². The van der Waals surface area contributed by atoms with Crippen molar-refractivity contribution in [2.45, 2.75) is 32.6 Å². The van der Waals surface area contributed by atoms with Crippen molar-refractivity contribution in [1.82, 2.24) is 9.88 Å². The number of halogens is 2. The second-order valence-electron chi connectivity index (χ2n) is 8.40. The van der Waals surface area contributed by atoms with Crippen molar-refractivity contribution in [3.8, 4) is 0 Å². The molecule has 1 aromatic heterocycles. The number of nitrogens with zero attached hydrogens (tertiary/aromatic N) is 2. The normalized spacial score (nSPS) is 14.2. The maximum Gasteiger partial charge on any atom is 0.257 e. The van der Waals surface area contributed by atoms with Gasteiger partial charge in [0.25, 0.3) is 11.8 Å². The summed E-state index contributed by atoms with van der Waals surface area (Å²) in [4.78, 5) is 31.8. The van der Waals surface area contributed by atoms with Gasteiger partial charge in [-0.3, -0.25) is 14.6 Å². The fraction of sp³-hybridized carbons (Fsp3) is 0.269. The van der Waals surface area contributed by atoms with E-state index in [-0.39, 0.29) is 11.8 Å². The largest absolute Gasteiger partial charge is 0.339 e. The molecule has 3 aromatic rings. The monoisotopic (exact) mass is 481 g/mol. The summed E-state index contributed by atoms with van der Waals surface area (Å²) in [6, 6.07) is 14.5. The van der Waals surface area contributed by atoms with Gasteiger partial charge in [0.1, 0.15) is 0 Å². The van der Waals surface area contributed by atoms with Gasteiger partial charge in [0.2, 0.25) is 0 Å². The number of benzene rings is 2. The van der Waals surface area contributed by atoms with Gasteiger partial charge in [-0.05, 0) is 80.1 Å². The topological polar surface area (TPSA) is 62.3 Å². The molecule has 0 bridgehead atoms. The van der Waals surface area contributed by atoms with E-state index in [1.807, 2.05) is 43.0 Å². The Bertz CT molecular complexity index is 1190. The molecule has 1 saturated heterocycles. The summed E-state index contributed by atoms with van der Waals surface area (Å²) < 4.78 is 0. The van der Waals surface area contributed by atoms with Crippen LogP contribution >= 0.6 is 23.2 Å². The molecule has 5 nitrogen and oxygen atoms in total. The Balaban J connectivity index is 1.43. The highest BCUT2D eigenvalue weighted by Crippen LogP contribution is 2.34. The molecule has 0 atom stereocenters. The number of rotatable bonds is 4. The number of piperidine rings is 1. The van der Waals surface area contributed by atoms with Gasteiger partial charge in [-0.15, -0.1) is 0 Å². The third-order valence-electron chi connectivity index (χ3n) is 6.09. The summed E-state index contributed by atoms with van der Waals surface area (Å²) in [5.74, 6) is 0.00816. The number of anilines is 1. The maximum absolute atomic E-state index is 13.2. The summed E-state index contributed by atoms with van der Waals surface area (Å²) in [5, 5.41) is 4.21. The summed E-state index contributed by atoms with van der Waals surface area (Å²) in [6.45, 7) is 5.06. The molecule has 2 amide bonds. The lowest BCUT2D eigenvalue weighted by molar-refractivity contribution is 0.0713. The molecule has 1 N–H and O–H groups in total.